The Morgan fingerprint density at radius 1 is 1.38 bits per heavy atom. The second kappa shape index (κ2) is 6.43. The van der Waals surface area contributed by atoms with E-state index in [0.29, 0.717) is 5.56 Å². The second-order valence-electron chi connectivity index (χ2n) is 5.54. The number of nitrogens with one attached hydrogen (secondary N) is 2. The van der Waals surface area contributed by atoms with Gasteiger partial charge in [0.25, 0.3) is 5.56 Å². The number of pyridine rings is 1. The van der Waals surface area contributed by atoms with Crippen LogP contribution in [-0.4, -0.2) is 16.5 Å². The zero-order valence-corrected chi connectivity index (χ0v) is 13.2. The van der Waals surface area contributed by atoms with E-state index in [4.69, 9.17) is 0 Å². The van der Waals surface area contributed by atoms with Crippen LogP contribution in [0.1, 0.15) is 43.9 Å². The molecule has 0 amide bonds. The molecule has 0 spiro atoms. The van der Waals surface area contributed by atoms with Crippen molar-refractivity contribution in [3.63, 3.8) is 0 Å². The normalized spacial score (nSPS) is 14.0. The molecule has 2 N–H and O–H groups in total. The lowest BCUT2D eigenvalue weighted by atomic mass is 9.94. The number of hydrogen-bond acceptors (Lipinski definition) is 4. The summed E-state index contributed by atoms with van der Waals surface area (Å²) < 4.78 is 0. The zero-order valence-electron chi connectivity index (χ0n) is 12.4. The van der Waals surface area contributed by atoms with Gasteiger partial charge in [-0.1, -0.05) is 13.3 Å². The number of anilines is 1. The molecule has 4 nitrogen and oxygen atoms in total. The molecule has 5 heteroatoms. The molecule has 3 rings (SSSR count). The van der Waals surface area contributed by atoms with Gasteiger partial charge < -0.3 is 10.3 Å². The number of H-pyrrole nitrogens is 1. The van der Waals surface area contributed by atoms with Crippen LogP contribution in [0, 0.1) is 0 Å². The lowest BCUT2D eigenvalue weighted by Gasteiger charge is -2.15. The SMILES string of the molecule is CCCCNc1nc(-c2cc3c([nH]c2=O)CCCC3)cs1. The van der Waals surface area contributed by atoms with Gasteiger partial charge in [0.2, 0.25) is 0 Å². The minimum atomic E-state index is -0.0129. The lowest BCUT2D eigenvalue weighted by Crippen LogP contribution is -2.16. The highest BCUT2D eigenvalue weighted by Gasteiger charge is 2.15. The molecule has 0 saturated carbocycles. The van der Waals surface area contributed by atoms with E-state index in [1.54, 1.807) is 11.3 Å². The Morgan fingerprint density at radius 3 is 3.10 bits per heavy atom. The van der Waals surface area contributed by atoms with Crippen molar-refractivity contribution < 1.29 is 0 Å². The summed E-state index contributed by atoms with van der Waals surface area (Å²) in [5.74, 6) is 0. The highest BCUT2D eigenvalue weighted by atomic mass is 32.1. The first-order valence-electron chi connectivity index (χ1n) is 7.72. The molecule has 0 saturated heterocycles. The van der Waals surface area contributed by atoms with Crippen LogP contribution in [-0.2, 0) is 12.8 Å². The number of fused-ring (bicyclic) bond motifs is 1. The smallest absolute Gasteiger partial charge is 0.257 e. The van der Waals surface area contributed by atoms with E-state index in [9.17, 15) is 4.79 Å². The lowest BCUT2D eigenvalue weighted by molar-refractivity contribution is 0.665. The Hall–Kier alpha value is -1.62. The molecule has 0 atom stereocenters. The average molecular weight is 303 g/mol. The van der Waals surface area contributed by atoms with Gasteiger partial charge in [-0.05, 0) is 43.7 Å². The molecular formula is C16H21N3OS. The molecule has 1 aliphatic carbocycles. The summed E-state index contributed by atoms with van der Waals surface area (Å²) in [4.78, 5) is 19.8. The maximum atomic E-state index is 12.2. The van der Waals surface area contributed by atoms with Gasteiger partial charge in [0.1, 0.15) is 0 Å². The standard InChI is InChI=1S/C16H21N3OS/c1-2-3-8-17-16-19-14(10-21-16)12-9-11-6-4-5-7-13(11)18-15(12)20/h9-10H,2-8H2,1H3,(H,17,19)(H,18,20). The van der Waals surface area contributed by atoms with Crippen LogP contribution in [0.2, 0.25) is 0 Å². The molecule has 2 aromatic rings. The van der Waals surface area contributed by atoms with Gasteiger partial charge in [0.15, 0.2) is 5.13 Å². The van der Waals surface area contributed by atoms with Crippen LogP contribution < -0.4 is 10.9 Å². The average Bonchev–Trinajstić information content (AvgIpc) is 2.95. The number of aromatic amines is 1. The van der Waals surface area contributed by atoms with E-state index in [2.05, 4.69) is 22.2 Å². The third kappa shape index (κ3) is 3.18. The molecule has 0 radical (unpaired) electrons. The molecule has 0 fully saturated rings. The molecule has 112 valence electrons. The summed E-state index contributed by atoms with van der Waals surface area (Å²) in [5.41, 5.74) is 3.88. The second-order valence-corrected chi connectivity index (χ2v) is 6.40. The predicted molar refractivity (Wildman–Crippen MR) is 88.2 cm³/mol. The van der Waals surface area contributed by atoms with Crippen molar-refractivity contribution in [2.24, 2.45) is 0 Å². The highest BCUT2D eigenvalue weighted by molar-refractivity contribution is 7.14. The number of thiazole rings is 1. The largest absolute Gasteiger partial charge is 0.362 e. The maximum Gasteiger partial charge on any atom is 0.257 e. The fourth-order valence-corrected chi connectivity index (χ4v) is 3.46. The van der Waals surface area contributed by atoms with E-state index >= 15 is 0 Å². The molecular weight excluding hydrogens is 282 g/mol. The van der Waals surface area contributed by atoms with E-state index in [0.717, 1.165) is 48.7 Å². The molecule has 2 aromatic heterocycles. The number of aromatic nitrogens is 2. The van der Waals surface area contributed by atoms with Crippen molar-refractivity contribution in [2.75, 3.05) is 11.9 Å². The molecule has 1 aliphatic rings. The van der Waals surface area contributed by atoms with E-state index in [-0.39, 0.29) is 5.56 Å². The predicted octanol–water partition coefficient (Wildman–Crippen LogP) is 3.59. The number of aryl methyl sites for hydroxylation is 2. The first-order valence-corrected chi connectivity index (χ1v) is 8.60. The van der Waals surface area contributed by atoms with Crippen LogP contribution in [0.3, 0.4) is 0 Å². The molecule has 0 aromatic carbocycles. The van der Waals surface area contributed by atoms with Crippen molar-refractivity contribution in [1.29, 1.82) is 0 Å². The van der Waals surface area contributed by atoms with Crippen LogP contribution in [0.15, 0.2) is 16.2 Å². The van der Waals surface area contributed by atoms with Crippen molar-refractivity contribution in [1.82, 2.24) is 9.97 Å². The van der Waals surface area contributed by atoms with E-state index in [1.165, 1.54) is 18.4 Å². The van der Waals surface area contributed by atoms with E-state index in [1.807, 2.05) is 11.4 Å². The fraction of sp³-hybridized carbons (Fsp3) is 0.500. The third-order valence-electron chi connectivity index (χ3n) is 3.92. The number of nitrogens with zero attached hydrogens (tertiary/aromatic N) is 1. The van der Waals surface area contributed by atoms with Crippen molar-refractivity contribution in [3.8, 4) is 11.3 Å². The Labute approximate surface area is 128 Å². The summed E-state index contributed by atoms with van der Waals surface area (Å²) in [7, 11) is 0. The fourth-order valence-electron chi connectivity index (χ4n) is 2.72. The van der Waals surface area contributed by atoms with Gasteiger partial charge >= 0.3 is 0 Å². The van der Waals surface area contributed by atoms with Crippen molar-refractivity contribution in [2.45, 2.75) is 45.4 Å². The van der Waals surface area contributed by atoms with Gasteiger partial charge in [-0.15, -0.1) is 11.3 Å². The van der Waals surface area contributed by atoms with Gasteiger partial charge in [-0.25, -0.2) is 4.98 Å². The summed E-state index contributed by atoms with van der Waals surface area (Å²) in [6.45, 7) is 3.10. The molecule has 0 unspecified atom stereocenters. The van der Waals surface area contributed by atoms with Crippen molar-refractivity contribution in [3.05, 3.63) is 33.1 Å². The van der Waals surface area contributed by atoms with Crippen LogP contribution >= 0.6 is 11.3 Å². The number of unbranched alkanes of at least 4 members (excludes halogenated alkanes) is 1. The molecule has 0 bridgehead atoms. The topological polar surface area (TPSA) is 57.8 Å². The summed E-state index contributed by atoms with van der Waals surface area (Å²) in [6, 6.07) is 2.04. The number of rotatable bonds is 5. The quantitative estimate of drug-likeness (QED) is 0.830. The van der Waals surface area contributed by atoms with Crippen LogP contribution in [0.25, 0.3) is 11.3 Å². The molecule has 0 aliphatic heterocycles. The minimum Gasteiger partial charge on any atom is -0.362 e. The van der Waals surface area contributed by atoms with Crippen molar-refractivity contribution >= 4 is 16.5 Å². The first kappa shape index (κ1) is 14.3. The maximum absolute atomic E-state index is 12.2. The monoisotopic (exact) mass is 303 g/mol. The zero-order chi connectivity index (χ0) is 14.7. The Kier molecular flexibility index (Phi) is 4.39. The Bertz CT molecular complexity index is 674. The Balaban J connectivity index is 1.85. The van der Waals surface area contributed by atoms with Crippen LogP contribution in [0.5, 0.6) is 0 Å². The Morgan fingerprint density at radius 2 is 2.24 bits per heavy atom. The van der Waals surface area contributed by atoms with E-state index < -0.39 is 0 Å². The van der Waals surface area contributed by atoms with Gasteiger partial charge in [-0.3, -0.25) is 4.79 Å². The van der Waals surface area contributed by atoms with Gasteiger partial charge in [0.05, 0.1) is 11.3 Å². The third-order valence-corrected chi connectivity index (χ3v) is 4.72. The van der Waals surface area contributed by atoms with Gasteiger partial charge in [-0.2, -0.15) is 0 Å². The first-order chi connectivity index (χ1) is 10.3. The summed E-state index contributed by atoms with van der Waals surface area (Å²) in [6.07, 6.45) is 6.73. The highest BCUT2D eigenvalue weighted by Crippen LogP contribution is 2.26. The number of hydrogen-bond donors (Lipinski definition) is 2. The summed E-state index contributed by atoms with van der Waals surface area (Å²) in [5, 5.41) is 6.18. The van der Waals surface area contributed by atoms with Crippen LogP contribution in [0.4, 0.5) is 5.13 Å². The summed E-state index contributed by atoms with van der Waals surface area (Å²) >= 11 is 1.57. The molecule has 21 heavy (non-hydrogen) atoms. The molecule has 2 heterocycles. The minimum absolute atomic E-state index is 0.0129. The van der Waals surface area contributed by atoms with Gasteiger partial charge in [0, 0.05) is 17.6 Å².